The molecule has 0 bridgehead atoms. The van der Waals surface area contributed by atoms with Gasteiger partial charge in [0.25, 0.3) is 0 Å². The molecule has 29 heavy (non-hydrogen) atoms. The Bertz CT molecular complexity index is 995. The van der Waals surface area contributed by atoms with Gasteiger partial charge in [-0.25, -0.2) is 4.98 Å². The molecule has 7 nitrogen and oxygen atoms in total. The van der Waals surface area contributed by atoms with Crippen molar-refractivity contribution in [1.82, 2.24) is 20.2 Å². The number of amides is 2. The van der Waals surface area contributed by atoms with Gasteiger partial charge in [0.15, 0.2) is 0 Å². The molecule has 1 aromatic heterocycles. The van der Waals surface area contributed by atoms with Gasteiger partial charge in [0, 0.05) is 38.6 Å². The van der Waals surface area contributed by atoms with Crippen molar-refractivity contribution in [2.24, 2.45) is 0 Å². The summed E-state index contributed by atoms with van der Waals surface area (Å²) in [6.45, 7) is 2.64. The number of benzene rings is 2. The molecule has 1 N–H and O–H groups in total. The minimum atomic E-state index is -0.145. The summed E-state index contributed by atoms with van der Waals surface area (Å²) in [5.41, 5.74) is 0.964. The van der Waals surface area contributed by atoms with E-state index in [0.29, 0.717) is 26.2 Å². The van der Waals surface area contributed by atoms with Crippen molar-refractivity contribution in [1.29, 1.82) is 0 Å². The Labute approximate surface area is 169 Å². The summed E-state index contributed by atoms with van der Waals surface area (Å²) in [4.78, 5) is 37.1. The Hall–Kier alpha value is -3.48. The number of carbonyl (C=O) groups excluding carboxylic acids is 2. The quantitative estimate of drug-likeness (QED) is 0.718. The maximum atomic E-state index is 12.5. The number of anilines is 1. The van der Waals surface area contributed by atoms with E-state index < -0.39 is 0 Å². The Morgan fingerprint density at radius 1 is 0.966 bits per heavy atom. The molecule has 2 aromatic carbocycles. The highest BCUT2D eigenvalue weighted by Gasteiger charge is 2.22. The van der Waals surface area contributed by atoms with Crippen LogP contribution in [0.5, 0.6) is 0 Å². The lowest BCUT2D eigenvalue weighted by Crippen LogP contribution is -2.51. The minimum absolute atomic E-state index is 0.0226. The van der Waals surface area contributed by atoms with Crippen molar-refractivity contribution < 1.29 is 9.59 Å². The van der Waals surface area contributed by atoms with Gasteiger partial charge in [-0.1, -0.05) is 42.5 Å². The van der Waals surface area contributed by atoms with Crippen molar-refractivity contribution >= 4 is 28.4 Å². The van der Waals surface area contributed by atoms with Crippen LogP contribution in [0.25, 0.3) is 10.8 Å². The Kier molecular flexibility index (Phi) is 5.65. The van der Waals surface area contributed by atoms with Crippen LogP contribution < -0.4 is 10.2 Å². The molecule has 1 aliphatic heterocycles. The van der Waals surface area contributed by atoms with Crippen LogP contribution in [-0.2, 0) is 16.0 Å². The van der Waals surface area contributed by atoms with Crippen LogP contribution in [0.15, 0.2) is 61.1 Å². The number of piperazine rings is 1. The van der Waals surface area contributed by atoms with Crippen LogP contribution in [0, 0.1) is 0 Å². The zero-order valence-electron chi connectivity index (χ0n) is 16.1. The van der Waals surface area contributed by atoms with Gasteiger partial charge in [-0.05, 0) is 16.3 Å². The Balaban J connectivity index is 1.27. The zero-order valence-corrected chi connectivity index (χ0v) is 16.1. The van der Waals surface area contributed by atoms with Gasteiger partial charge in [0.2, 0.25) is 11.8 Å². The van der Waals surface area contributed by atoms with E-state index in [2.05, 4.69) is 20.2 Å². The lowest BCUT2D eigenvalue weighted by atomic mass is 10.0. The summed E-state index contributed by atoms with van der Waals surface area (Å²) in [7, 11) is 0. The number of fused-ring (bicyclic) bond motifs is 1. The van der Waals surface area contributed by atoms with Gasteiger partial charge in [-0.15, -0.1) is 0 Å². The van der Waals surface area contributed by atoms with E-state index in [1.165, 1.54) is 0 Å². The molecule has 1 aliphatic rings. The van der Waals surface area contributed by atoms with E-state index in [4.69, 9.17) is 0 Å². The second-order valence-electron chi connectivity index (χ2n) is 7.02. The largest absolute Gasteiger partial charge is 0.352 e. The van der Waals surface area contributed by atoms with Gasteiger partial charge in [0.05, 0.1) is 19.2 Å². The molecule has 0 spiro atoms. The summed E-state index contributed by atoms with van der Waals surface area (Å²) in [6.07, 6.45) is 5.29. The number of aromatic nitrogens is 2. The van der Waals surface area contributed by atoms with Crippen molar-refractivity contribution in [3.63, 3.8) is 0 Å². The van der Waals surface area contributed by atoms with E-state index >= 15 is 0 Å². The molecule has 1 fully saturated rings. The molecule has 0 saturated carbocycles. The fourth-order valence-electron chi connectivity index (χ4n) is 3.61. The highest BCUT2D eigenvalue weighted by atomic mass is 16.2. The topological polar surface area (TPSA) is 78.4 Å². The SMILES string of the molecule is O=C(Cc1cccc2ccccc12)NCC(=O)N1CCN(c2cnccn2)CC1. The number of carbonyl (C=O) groups is 2. The first-order valence-corrected chi connectivity index (χ1v) is 9.73. The molecule has 3 aromatic rings. The first-order chi connectivity index (χ1) is 14.2. The van der Waals surface area contributed by atoms with Gasteiger partial charge in [-0.2, -0.15) is 0 Å². The molecule has 0 radical (unpaired) electrons. The molecule has 1 saturated heterocycles. The van der Waals surface area contributed by atoms with Gasteiger partial charge in [0.1, 0.15) is 5.82 Å². The highest BCUT2D eigenvalue weighted by molar-refractivity contribution is 5.91. The number of hydrogen-bond acceptors (Lipinski definition) is 5. The van der Waals surface area contributed by atoms with Gasteiger partial charge >= 0.3 is 0 Å². The van der Waals surface area contributed by atoms with Crippen molar-refractivity contribution in [3.05, 3.63) is 66.6 Å². The Morgan fingerprint density at radius 2 is 1.76 bits per heavy atom. The summed E-state index contributed by atoms with van der Waals surface area (Å²) in [6, 6.07) is 13.9. The third-order valence-corrected chi connectivity index (χ3v) is 5.17. The van der Waals surface area contributed by atoms with E-state index in [-0.39, 0.29) is 24.8 Å². The van der Waals surface area contributed by atoms with Crippen LogP contribution in [0.4, 0.5) is 5.82 Å². The molecule has 0 unspecified atom stereocenters. The third kappa shape index (κ3) is 4.51. The lowest BCUT2D eigenvalue weighted by Gasteiger charge is -2.35. The maximum absolute atomic E-state index is 12.5. The fraction of sp³-hybridized carbons (Fsp3) is 0.273. The number of hydrogen-bond donors (Lipinski definition) is 1. The van der Waals surface area contributed by atoms with Gasteiger partial charge in [-0.3, -0.25) is 14.6 Å². The van der Waals surface area contributed by atoms with Crippen LogP contribution in [0.1, 0.15) is 5.56 Å². The standard InChI is InChI=1S/C22H23N5O2/c28-21(14-18-6-3-5-17-4-1-2-7-19(17)18)25-16-22(29)27-12-10-26(11-13-27)20-15-23-8-9-24-20/h1-9,15H,10-14,16H2,(H,25,28). The fourth-order valence-corrected chi connectivity index (χ4v) is 3.61. The monoisotopic (exact) mass is 389 g/mol. The second kappa shape index (κ2) is 8.68. The van der Waals surface area contributed by atoms with Crippen LogP contribution in [0.2, 0.25) is 0 Å². The first kappa shape index (κ1) is 18.9. The van der Waals surface area contributed by atoms with E-state index in [1.807, 2.05) is 42.5 Å². The smallest absolute Gasteiger partial charge is 0.242 e. The van der Waals surface area contributed by atoms with Crippen molar-refractivity contribution in [2.45, 2.75) is 6.42 Å². The normalized spacial score (nSPS) is 14.1. The molecule has 4 rings (SSSR count). The van der Waals surface area contributed by atoms with E-state index in [0.717, 1.165) is 22.2 Å². The first-order valence-electron chi connectivity index (χ1n) is 9.73. The van der Waals surface area contributed by atoms with Crippen molar-refractivity contribution in [2.75, 3.05) is 37.6 Å². The molecule has 7 heteroatoms. The predicted octanol–water partition coefficient (Wildman–Crippen LogP) is 1.64. The molecule has 0 atom stereocenters. The summed E-state index contributed by atoms with van der Waals surface area (Å²) in [5.74, 6) is 0.617. The van der Waals surface area contributed by atoms with E-state index in [9.17, 15) is 9.59 Å². The number of nitrogens with one attached hydrogen (secondary N) is 1. The molecular formula is C22H23N5O2. The molecule has 2 amide bonds. The number of nitrogens with zero attached hydrogens (tertiary/aromatic N) is 4. The average molecular weight is 389 g/mol. The maximum Gasteiger partial charge on any atom is 0.242 e. The minimum Gasteiger partial charge on any atom is -0.352 e. The summed E-state index contributed by atoms with van der Waals surface area (Å²) >= 11 is 0. The van der Waals surface area contributed by atoms with Crippen molar-refractivity contribution in [3.8, 4) is 0 Å². The predicted molar refractivity (Wildman–Crippen MR) is 111 cm³/mol. The molecular weight excluding hydrogens is 366 g/mol. The Morgan fingerprint density at radius 3 is 2.55 bits per heavy atom. The molecule has 2 heterocycles. The zero-order chi connectivity index (χ0) is 20.1. The average Bonchev–Trinajstić information content (AvgIpc) is 2.78. The lowest BCUT2D eigenvalue weighted by molar-refractivity contribution is -0.133. The highest BCUT2D eigenvalue weighted by Crippen LogP contribution is 2.18. The third-order valence-electron chi connectivity index (χ3n) is 5.17. The van der Waals surface area contributed by atoms with E-state index in [1.54, 1.807) is 23.5 Å². The van der Waals surface area contributed by atoms with Crippen LogP contribution in [0.3, 0.4) is 0 Å². The van der Waals surface area contributed by atoms with Crippen LogP contribution >= 0.6 is 0 Å². The molecule has 0 aliphatic carbocycles. The van der Waals surface area contributed by atoms with Gasteiger partial charge < -0.3 is 15.1 Å². The number of rotatable bonds is 5. The second-order valence-corrected chi connectivity index (χ2v) is 7.02. The molecule has 148 valence electrons. The summed E-state index contributed by atoms with van der Waals surface area (Å²) in [5, 5.41) is 4.94. The van der Waals surface area contributed by atoms with Crippen LogP contribution in [-0.4, -0.2) is 59.4 Å². The summed E-state index contributed by atoms with van der Waals surface area (Å²) < 4.78 is 0.